The average molecular weight is 608 g/mol. The van der Waals surface area contributed by atoms with Crippen molar-refractivity contribution in [2.24, 2.45) is 0 Å². The van der Waals surface area contributed by atoms with Crippen LogP contribution in [0.1, 0.15) is 16.7 Å². The van der Waals surface area contributed by atoms with Gasteiger partial charge in [-0.3, -0.25) is 13.9 Å². The van der Waals surface area contributed by atoms with Crippen LogP contribution in [0.3, 0.4) is 0 Å². The molecule has 0 radical (unpaired) electrons. The zero-order valence-electron chi connectivity index (χ0n) is 23.2. The van der Waals surface area contributed by atoms with Crippen LogP contribution in [0.15, 0.2) is 108 Å². The van der Waals surface area contributed by atoms with Gasteiger partial charge in [0.15, 0.2) is 0 Å². The third kappa shape index (κ3) is 7.35. The molecule has 0 saturated carbocycles. The number of halogens is 2. The van der Waals surface area contributed by atoms with E-state index in [1.165, 1.54) is 42.3 Å². The van der Waals surface area contributed by atoms with Gasteiger partial charge in [-0.15, -0.1) is 0 Å². The molecule has 1 atom stereocenters. The number of nitrogens with one attached hydrogen (secondary N) is 1. The van der Waals surface area contributed by atoms with Gasteiger partial charge in [0.25, 0.3) is 10.0 Å². The number of carbonyl (C=O) groups is 2. The predicted molar refractivity (Wildman–Crippen MR) is 162 cm³/mol. The van der Waals surface area contributed by atoms with Crippen molar-refractivity contribution in [2.75, 3.05) is 17.9 Å². The molecule has 42 heavy (non-hydrogen) atoms. The lowest BCUT2D eigenvalue weighted by Crippen LogP contribution is -2.53. The summed E-state index contributed by atoms with van der Waals surface area (Å²) < 4.78 is 43.7. The highest BCUT2D eigenvalue weighted by molar-refractivity contribution is 7.92. The van der Waals surface area contributed by atoms with Crippen molar-refractivity contribution < 1.29 is 22.4 Å². The minimum Gasteiger partial charge on any atom is -0.357 e. The molecule has 0 spiro atoms. The molecule has 0 unspecified atom stereocenters. The van der Waals surface area contributed by atoms with Crippen LogP contribution in [-0.4, -0.2) is 44.8 Å². The van der Waals surface area contributed by atoms with Crippen LogP contribution in [0.25, 0.3) is 0 Å². The summed E-state index contributed by atoms with van der Waals surface area (Å²) in [5.41, 5.74) is 2.04. The van der Waals surface area contributed by atoms with Gasteiger partial charge in [-0.2, -0.15) is 0 Å². The number of hydrogen-bond donors (Lipinski definition) is 1. The number of carbonyl (C=O) groups excluding carboxylic acids is 2. The molecule has 0 heterocycles. The lowest BCUT2D eigenvalue weighted by Gasteiger charge is -2.33. The summed E-state index contributed by atoms with van der Waals surface area (Å²) in [6, 6.07) is 26.4. The predicted octanol–water partition coefficient (Wildman–Crippen LogP) is 5.37. The number of nitrogens with zero attached hydrogens (tertiary/aromatic N) is 2. The van der Waals surface area contributed by atoms with Gasteiger partial charge in [0.2, 0.25) is 11.8 Å². The van der Waals surface area contributed by atoms with E-state index < -0.39 is 40.2 Å². The second-order valence-electron chi connectivity index (χ2n) is 9.74. The molecule has 0 aliphatic rings. The Kier molecular flexibility index (Phi) is 9.98. The molecule has 218 valence electrons. The van der Waals surface area contributed by atoms with Gasteiger partial charge in [0, 0.05) is 25.0 Å². The number of anilines is 1. The summed E-state index contributed by atoms with van der Waals surface area (Å²) in [7, 11) is -2.91. The molecular weight excluding hydrogens is 577 g/mol. The third-order valence-corrected chi connectivity index (χ3v) is 8.82. The summed E-state index contributed by atoms with van der Waals surface area (Å²) in [5.74, 6) is -1.93. The smallest absolute Gasteiger partial charge is 0.264 e. The zero-order chi connectivity index (χ0) is 30.3. The number of sulfonamides is 1. The molecular formula is C32H31ClFN3O4S. The van der Waals surface area contributed by atoms with Crippen molar-refractivity contribution in [1.29, 1.82) is 0 Å². The van der Waals surface area contributed by atoms with Crippen LogP contribution in [0.4, 0.5) is 10.1 Å². The number of hydrogen-bond acceptors (Lipinski definition) is 4. The van der Waals surface area contributed by atoms with E-state index in [2.05, 4.69) is 5.32 Å². The number of benzene rings is 4. The van der Waals surface area contributed by atoms with Crippen molar-refractivity contribution in [3.63, 3.8) is 0 Å². The molecule has 0 aliphatic heterocycles. The normalized spacial score (nSPS) is 11.9. The van der Waals surface area contributed by atoms with E-state index in [-0.39, 0.29) is 23.5 Å². The van der Waals surface area contributed by atoms with Crippen molar-refractivity contribution in [2.45, 2.75) is 30.8 Å². The maximum Gasteiger partial charge on any atom is 0.264 e. The molecule has 4 aromatic rings. The van der Waals surface area contributed by atoms with E-state index in [9.17, 15) is 18.0 Å². The van der Waals surface area contributed by atoms with Crippen LogP contribution in [0.5, 0.6) is 0 Å². The summed E-state index contributed by atoms with van der Waals surface area (Å²) in [4.78, 5) is 28.7. The van der Waals surface area contributed by atoms with Gasteiger partial charge in [-0.05, 0) is 54.4 Å². The maximum atomic E-state index is 15.1. The zero-order valence-corrected chi connectivity index (χ0v) is 24.8. The van der Waals surface area contributed by atoms with Gasteiger partial charge < -0.3 is 10.2 Å². The summed E-state index contributed by atoms with van der Waals surface area (Å²) in [6.45, 7) is 1.05. The highest BCUT2D eigenvalue weighted by atomic mass is 35.5. The first-order valence-corrected chi connectivity index (χ1v) is 15.1. The minimum atomic E-state index is -4.38. The monoisotopic (exact) mass is 607 g/mol. The molecule has 0 fully saturated rings. The molecule has 4 rings (SSSR count). The number of rotatable bonds is 11. The van der Waals surface area contributed by atoms with Gasteiger partial charge >= 0.3 is 0 Å². The highest BCUT2D eigenvalue weighted by Crippen LogP contribution is 2.27. The van der Waals surface area contributed by atoms with E-state index in [4.69, 9.17) is 11.6 Å². The molecule has 1 N–H and O–H groups in total. The SMILES string of the molecule is CNC(=O)[C@@H](Cc1ccccc1)N(Cc1ccc(Cl)cc1)C(=O)CN(c1ccccc1F)S(=O)(=O)c1ccc(C)cc1. The first kappa shape index (κ1) is 30.7. The standard InChI is InChI=1S/C32H31ClFN3O4S/c1-23-12-18-27(19-13-23)42(40,41)37(29-11-7-6-10-28(29)34)22-31(38)36(21-25-14-16-26(33)17-15-25)30(32(39)35-2)20-24-8-4-3-5-9-24/h3-19,30H,20-22H2,1-2H3,(H,35,39)/t30-/m1/s1. The average Bonchev–Trinajstić information content (AvgIpc) is 2.99. The molecule has 2 amide bonds. The Morgan fingerprint density at radius 1 is 0.857 bits per heavy atom. The van der Waals surface area contributed by atoms with Crippen LogP contribution < -0.4 is 9.62 Å². The third-order valence-electron chi connectivity index (χ3n) is 6.79. The van der Waals surface area contributed by atoms with Crippen LogP contribution >= 0.6 is 11.6 Å². The van der Waals surface area contributed by atoms with E-state index >= 15 is 4.39 Å². The largest absolute Gasteiger partial charge is 0.357 e. The molecule has 0 bridgehead atoms. The Balaban J connectivity index is 1.79. The summed E-state index contributed by atoms with van der Waals surface area (Å²) in [6.07, 6.45) is 0.171. The second kappa shape index (κ2) is 13.6. The van der Waals surface area contributed by atoms with Crippen molar-refractivity contribution in [3.05, 3.63) is 131 Å². The lowest BCUT2D eigenvalue weighted by molar-refractivity contribution is -0.139. The van der Waals surface area contributed by atoms with Crippen molar-refractivity contribution >= 4 is 39.1 Å². The highest BCUT2D eigenvalue weighted by Gasteiger charge is 2.35. The number of aryl methyl sites for hydroxylation is 1. The molecule has 4 aromatic carbocycles. The Bertz CT molecular complexity index is 1630. The Labute approximate surface area is 250 Å². The first-order chi connectivity index (χ1) is 20.1. The van der Waals surface area contributed by atoms with Crippen LogP contribution in [-0.2, 0) is 32.6 Å². The fourth-order valence-corrected chi connectivity index (χ4v) is 6.06. The van der Waals surface area contributed by atoms with E-state index in [1.807, 2.05) is 37.3 Å². The van der Waals surface area contributed by atoms with Gasteiger partial charge in [-0.25, -0.2) is 12.8 Å². The Hall–Kier alpha value is -4.21. The molecule has 0 aliphatic carbocycles. The number of likely N-dealkylation sites (N-methyl/N-ethyl adjacent to an activating group) is 1. The lowest BCUT2D eigenvalue weighted by atomic mass is 10.0. The van der Waals surface area contributed by atoms with Crippen LogP contribution in [0, 0.1) is 12.7 Å². The van der Waals surface area contributed by atoms with Gasteiger partial charge in [0.1, 0.15) is 18.4 Å². The molecule has 0 saturated heterocycles. The van der Waals surface area contributed by atoms with E-state index in [1.54, 1.807) is 36.4 Å². The maximum absolute atomic E-state index is 15.1. The summed E-state index contributed by atoms with van der Waals surface area (Å²) >= 11 is 6.07. The number of para-hydroxylation sites is 1. The Morgan fingerprint density at radius 3 is 2.10 bits per heavy atom. The van der Waals surface area contributed by atoms with E-state index in [0.717, 1.165) is 21.5 Å². The minimum absolute atomic E-state index is 0.0172. The van der Waals surface area contributed by atoms with Gasteiger partial charge in [0.05, 0.1) is 10.6 Å². The second-order valence-corrected chi connectivity index (χ2v) is 12.0. The molecule has 10 heteroatoms. The van der Waals surface area contributed by atoms with Crippen LogP contribution in [0.2, 0.25) is 5.02 Å². The quantitative estimate of drug-likeness (QED) is 0.248. The van der Waals surface area contributed by atoms with Gasteiger partial charge in [-0.1, -0.05) is 83.9 Å². The molecule has 7 nitrogen and oxygen atoms in total. The Morgan fingerprint density at radius 2 is 1.48 bits per heavy atom. The van der Waals surface area contributed by atoms with E-state index in [0.29, 0.717) is 10.6 Å². The number of amides is 2. The van der Waals surface area contributed by atoms with Crippen molar-refractivity contribution in [1.82, 2.24) is 10.2 Å². The van der Waals surface area contributed by atoms with Crippen molar-refractivity contribution in [3.8, 4) is 0 Å². The molecule has 0 aromatic heterocycles. The summed E-state index contributed by atoms with van der Waals surface area (Å²) in [5, 5.41) is 3.12. The fourth-order valence-electron chi connectivity index (χ4n) is 4.51. The fraction of sp³-hybridized carbons (Fsp3) is 0.188. The first-order valence-electron chi connectivity index (χ1n) is 13.2. The topological polar surface area (TPSA) is 86.8 Å².